The van der Waals surface area contributed by atoms with E-state index in [1.165, 1.54) is 6.07 Å². The molecule has 0 aliphatic carbocycles. The number of carbonyl (C=O) groups excluding carboxylic acids is 4. The zero-order valence-electron chi connectivity index (χ0n) is 11.6. The number of amides is 5. The Morgan fingerprint density at radius 2 is 1.95 bits per heavy atom. The van der Waals surface area contributed by atoms with Gasteiger partial charge in [0.05, 0.1) is 0 Å². The quantitative estimate of drug-likeness (QED) is 0.609. The Morgan fingerprint density at radius 3 is 2.52 bits per heavy atom. The largest absolute Gasteiger partial charge is 0.360 e. The van der Waals surface area contributed by atoms with Crippen LogP contribution >= 0.6 is 0 Å². The summed E-state index contributed by atoms with van der Waals surface area (Å²) in [7, 11) is 0. The molecule has 0 bridgehead atoms. The van der Waals surface area contributed by atoms with Gasteiger partial charge in [0.25, 0.3) is 0 Å². The van der Waals surface area contributed by atoms with Gasteiger partial charge in [0.2, 0.25) is 5.91 Å². The average Bonchev–Trinajstić information content (AvgIpc) is 2.91. The van der Waals surface area contributed by atoms with Gasteiger partial charge < -0.3 is 9.84 Å². The molecule has 0 unspecified atom stereocenters. The number of nitrogens with one attached hydrogen (secondary N) is 1. The fourth-order valence-electron chi connectivity index (χ4n) is 1.86. The molecular weight excluding hydrogens is 280 g/mol. The van der Waals surface area contributed by atoms with Crippen molar-refractivity contribution in [3.05, 3.63) is 11.8 Å². The lowest BCUT2D eigenvalue weighted by Gasteiger charge is -2.13. The van der Waals surface area contributed by atoms with E-state index in [1.807, 2.05) is 0 Å². The first-order valence-corrected chi connectivity index (χ1v) is 6.34. The summed E-state index contributed by atoms with van der Waals surface area (Å²) in [4.78, 5) is 48.4. The van der Waals surface area contributed by atoms with Crippen LogP contribution in [0, 0.1) is 6.92 Å². The number of hydrogen-bond donors (Lipinski definition) is 1. The van der Waals surface area contributed by atoms with Crippen molar-refractivity contribution in [2.45, 2.75) is 20.3 Å². The first-order chi connectivity index (χ1) is 9.93. The number of anilines is 1. The van der Waals surface area contributed by atoms with Gasteiger partial charge in [-0.2, -0.15) is 0 Å². The topological polar surface area (TPSA) is 113 Å². The number of nitrogens with zero attached hydrogens (tertiary/aromatic N) is 3. The van der Waals surface area contributed by atoms with Crippen LogP contribution in [0.3, 0.4) is 0 Å². The van der Waals surface area contributed by atoms with Crippen LogP contribution in [0.15, 0.2) is 10.6 Å². The van der Waals surface area contributed by atoms with Crippen LogP contribution < -0.4 is 5.32 Å². The highest BCUT2D eigenvalue weighted by Crippen LogP contribution is 2.13. The Hall–Kier alpha value is -2.71. The smallest absolute Gasteiger partial charge is 0.334 e. The third kappa shape index (κ3) is 2.91. The van der Waals surface area contributed by atoms with Gasteiger partial charge in [-0.3, -0.25) is 19.3 Å². The highest BCUT2D eigenvalue weighted by Gasteiger charge is 2.44. The Kier molecular flexibility index (Phi) is 4.01. The van der Waals surface area contributed by atoms with Crippen LogP contribution in [0.1, 0.15) is 19.1 Å². The molecule has 21 heavy (non-hydrogen) atoms. The van der Waals surface area contributed by atoms with E-state index in [0.717, 1.165) is 4.90 Å². The second kappa shape index (κ2) is 5.73. The minimum Gasteiger partial charge on any atom is -0.360 e. The van der Waals surface area contributed by atoms with E-state index in [1.54, 1.807) is 13.8 Å². The standard InChI is InChI=1S/C12H14N4O5/c1-3-4-15-10(18)11(19)16(12(15)20)6-9(17)13-8-5-7(2)21-14-8/h5H,3-4,6H2,1-2H3,(H,13,14,17). The molecule has 2 heterocycles. The number of aryl methyl sites for hydroxylation is 1. The van der Waals surface area contributed by atoms with Gasteiger partial charge in [0, 0.05) is 12.6 Å². The molecule has 2 rings (SSSR count). The van der Waals surface area contributed by atoms with Crippen molar-refractivity contribution in [3.8, 4) is 0 Å². The number of carbonyl (C=O) groups is 4. The molecular formula is C12H14N4O5. The van der Waals surface area contributed by atoms with Gasteiger partial charge in [-0.05, 0) is 13.3 Å². The maximum absolute atomic E-state index is 11.9. The van der Waals surface area contributed by atoms with Crippen LogP contribution in [0.4, 0.5) is 10.6 Å². The lowest BCUT2D eigenvalue weighted by Crippen LogP contribution is -2.39. The summed E-state index contributed by atoms with van der Waals surface area (Å²) in [6, 6.07) is 0.707. The molecule has 0 atom stereocenters. The molecule has 0 spiro atoms. The molecule has 1 aromatic heterocycles. The lowest BCUT2D eigenvalue weighted by molar-refractivity contribution is -0.143. The number of urea groups is 1. The van der Waals surface area contributed by atoms with E-state index in [-0.39, 0.29) is 12.4 Å². The van der Waals surface area contributed by atoms with E-state index < -0.39 is 30.3 Å². The van der Waals surface area contributed by atoms with Crippen LogP contribution in [-0.2, 0) is 14.4 Å². The summed E-state index contributed by atoms with van der Waals surface area (Å²) in [5.74, 6) is -1.88. The highest BCUT2D eigenvalue weighted by atomic mass is 16.5. The fraction of sp³-hybridized carbons (Fsp3) is 0.417. The van der Waals surface area contributed by atoms with Crippen molar-refractivity contribution in [3.63, 3.8) is 0 Å². The van der Waals surface area contributed by atoms with Gasteiger partial charge in [-0.1, -0.05) is 12.1 Å². The molecule has 5 amide bonds. The van der Waals surface area contributed by atoms with Crippen molar-refractivity contribution in [1.29, 1.82) is 0 Å². The van der Waals surface area contributed by atoms with E-state index in [4.69, 9.17) is 4.52 Å². The SMILES string of the molecule is CCCN1C(=O)C(=O)N(CC(=O)Nc2cc(C)on2)C1=O. The maximum atomic E-state index is 11.9. The van der Waals surface area contributed by atoms with Gasteiger partial charge in [0.1, 0.15) is 12.3 Å². The predicted molar refractivity (Wildman–Crippen MR) is 69.0 cm³/mol. The van der Waals surface area contributed by atoms with Crippen molar-refractivity contribution in [1.82, 2.24) is 15.0 Å². The zero-order chi connectivity index (χ0) is 15.6. The molecule has 1 N–H and O–H groups in total. The van der Waals surface area contributed by atoms with Gasteiger partial charge >= 0.3 is 17.8 Å². The number of rotatable bonds is 5. The fourth-order valence-corrected chi connectivity index (χ4v) is 1.86. The molecule has 1 aliphatic heterocycles. The zero-order valence-corrected chi connectivity index (χ0v) is 11.6. The molecule has 1 fully saturated rings. The monoisotopic (exact) mass is 294 g/mol. The normalized spacial score (nSPS) is 15.0. The highest BCUT2D eigenvalue weighted by molar-refractivity contribution is 6.45. The maximum Gasteiger partial charge on any atom is 0.334 e. The van der Waals surface area contributed by atoms with E-state index in [0.29, 0.717) is 17.1 Å². The van der Waals surface area contributed by atoms with Crippen LogP contribution in [0.5, 0.6) is 0 Å². The summed E-state index contributed by atoms with van der Waals surface area (Å²) >= 11 is 0. The Balaban J connectivity index is 2.02. The number of hydrogen-bond acceptors (Lipinski definition) is 6. The predicted octanol–water partition coefficient (Wildman–Crippen LogP) is 0.122. The van der Waals surface area contributed by atoms with Crippen LogP contribution in [-0.4, -0.2) is 51.8 Å². The second-order valence-corrected chi connectivity index (χ2v) is 4.50. The molecule has 0 aromatic carbocycles. The Bertz CT molecular complexity index is 609. The second-order valence-electron chi connectivity index (χ2n) is 4.50. The molecule has 1 aromatic rings. The summed E-state index contributed by atoms with van der Waals surface area (Å²) in [6.07, 6.45) is 0.531. The Morgan fingerprint density at radius 1 is 1.29 bits per heavy atom. The molecule has 1 aliphatic rings. The number of imide groups is 2. The third-order valence-electron chi connectivity index (χ3n) is 2.78. The van der Waals surface area contributed by atoms with Crippen molar-refractivity contribution >= 4 is 29.6 Å². The van der Waals surface area contributed by atoms with Gasteiger partial charge in [-0.15, -0.1) is 0 Å². The van der Waals surface area contributed by atoms with Gasteiger partial charge in [0.15, 0.2) is 5.82 Å². The summed E-state index contributed by atoms with van der Waals surface area (Å²) in [6.45, 7) is 3.02. The summed E-state index contributed by atoms with van der Waals surface area (Å²) < 4.78 is 4.77. The first kappa shape index (κ1) is 14.7. The van der Waals surface area contributed by atoms with Crippen molar-refractivity contribution < 1.29 is 23.7 Å². The number of aromatic nitrogens is 1. The molecule has 112 valence electrons. The molecule has 0 saturated carbocycles. The van der Waals surface area contributed by atoms with Crippen LogP contribution in [0.2, 0.25) is 0 Å². The summed E-state index contributed by atoms with van der Waals surface area (Å²) in [5, 5.41) is 5.93. The van der Waals surface area contributed by atoms with Gasteiger partial charge in [-0.25, -0.2) is 9.69 Å². The average molecular weight is 294 g/mol. The van der Waals surface area contributed by atoms with Crippen molar-refractivity contribution in [2.24, 2.45) is 0 Å². The Labute approximate surface area is 119 Å². The van der Waals surface area contributed by atoms with E-state index in [2.05, 4.69) is 10.5 Å². The van der Waals surface area contributed by atoms with E-state index in [9.17, 15) is 19.2 Å². The molecule has 1 saturated heterocycles. The minimum absolute atomic E-state index is 0.143. The minimum atomic E-state index is -1.00. The summed E-state index contributed by atoms with van der Waals surface area (Å²) in [5.41, 5.74) is 0. The molecule has 9 nitrogen and oxygen atoms in total. The van der Waals surface area contributed by atoms with Crippen molar-refractivity contribution in [2.75, 3.05) is 18.4 Å². The molecule has 0 radical (unpaired) electrons. The lowest BCUT2D eigenvalue weighted by atomic mass is 10.4. The van der Waals surface area contributed by atoms with Crippen LogP contribution in [0.25, 0.3) is 0 Å². The molecule has 9 heteroatoms. The van der Waals surface area contributed by atoms with E-state index >= 15 is 0 Å². The third-order valence-corrected chi connectivity index (χ3v) is 2.78. The first-order valence-electron chi connectivity index (χ1n) is 6.34.